The standard InChI is InChI=1S/C22H19N3O2/c1-2-7-16(8-3-1)19-14-25(13-17-9-4-5-10-18(17)19)15-21-23-22(24-27-21)20-11-6-12-26-20/h1-12,19H,13-15H2/t19-/m1/s1. The highest BCUT2D eigenvalue weighted by molar-refractivity contribution is 5.44. The van der Waals surface area contributed by atoms with Crippen molar-refractivity contribution in [3.8, 4) is 11.6 Å². The first-order chi connectivity index (χ1) is 13.4. The van der Waals surface area contributed by atoms with Crippen LogP contribution in [0.3, 0.4) is 0 Å². The summed E-state index contributed by atoms with van der Waals surface area (Å²) in [7, 11) is 0. The van der Waals surface area contributed by atoms with Gasteiger partial charge < -0.3 is 8.94 Å². The molecule has 0 spiro atoms. The van der Waals surface area contributed by atoms with Gasteiger partial charge in [0.15, 0.2) is 5.76 Å². The highest BCUT2D eigenvalue weighted by Gasteiger charge is 2.27. The Balaban J connectivity index is 1.41. The van der Waals surface area contributed by atoms with Crippen molar-refractivity contribution >= 4 is 0 Å². The van der Waals surface area contributed by atoms with Gasteiger partial charge in [-0.3, -0.25) is 4.90 Å². The van der Waals surface area contributed by atoms with Crippen LogP contribution in [0, 0.1) is 0 Å². The first-order valence-corrected chi connectivity index (χ1v) is 9.08. The summed E-state index contributed by atoms with van der Waals surface area (Å²) in [5.74, 6) is 2.05. The van der Waals surface area contributed by atoms with Crippen molar-refractivity contribution in [2.24, 2.45) is 0 Å². The predicted octanol–water partition coefficient (Wildman–Crippen LogP) is 4.48. The Hall–Kier alpha value is -3.18. The van der Waals surface area contributed by atoms with E-state index in [1.807, 2.05) is 12.1 Å². The molecule has 5 rings (SSSR count). The zero-order chi connectivity index (χ0) is 18.1. The summed E-state index contributed by atoms with van der Waals surface area (Å²) in [6.07, 6.45) is 1.61. The second-order valence-electron chi connectivity index (χ2n) is 6.82. The van der Waals surface area contributed by atoms with E-state index in [2.05, 4.69) is 69.6 Å². The van der Waals surface area contributed by atoms with E-state index in [-0.39, 0.29) is 0 Å². The topological polar surface area (TPSA) is 55.3 Å². The van der Waals surface area contributed by atoms with Gasteiger partial charge in [0.1, 0.15) is 0 Å². The smallest absolute Gasteiger partial charge is 0.241 e. The second-order valence-corrected chi connectivity index (χ2v) is 6.82. The number of benzene rings is 2. The van der Waals surface area contributed by atoms with Crippen molar-refractivity contribution in [2.75, 3.05) is 6.54 Å². The second kappa shape index (κ2) is 6.85. The van der Waals surface area contributed by atoms with Crippen molar-refractivity contribution in [1.29, 1.82) is 0 Å². The Morgan fingerprint density at radius 3 is 2.67 bits per heavy atom. The van der Waals surface area contributed by atoms with Crippen molar-refractivity contribution in [3.05, 3.63) is 95.6 Å². The molecule has 2 aromatic heterocycles. The Morgan fingerprint density at radius 2 is 1.81 bits per heavy atom. The maximum absolute atomic E-state index is 5.46. The monoisotopic (exact) mass is 357 g/mol. The molecule has 0 fully saturated rings. The summed E-state index contributed by atoms with van der Waals surface area (Å²) in [6, 6.07) is 23.0. The number of aromatic nitrogens is 2. The third kappa shape index (κ3) is 3.17. The van der Waals surface area contributed by atoms with E-state index in [4.69, 9.17) is 8.94 Å². The van der Waals surface area contributed by atoms with Gasteiger partial charge in [-0.1, -0.05) is 59.8 Å². The van der Waals surface area contributed by atoms with E-state index in [1.165, 1.54) is 16.7 Å². The summed E-state index contributed by atoms with van der Waals surface area (Å²) in [5, 5.41) is 4.04. The van der Waals surface area contributed by atoms with Crippen molar-refractivity contribution in [3.63, 3.8) is 0 Å². The fraction of sp³-hybridized carbons (Fsp3) is 0.182. The number of nitrogens with zero attached hydrogens (tertiary/aromatic N) is 3. The number of furan rings is 1. The van der Waals surface area contributed by atoms with Gasteiger partial charge in [0, 0.05) is 19.0 Å². The van der Waals surface area contributed by atoms with Gasteiger partial charge in [-0.2, -0.15) is 4.98 Å². The molecule has 0 radical (unpaired) electrons. The van der Waals surface area contributed by atoms with Gasteiger partial charge in [-0.15, -0.1) is 0 Å². The average molecular weight is 357 g/mol. The SMILES string of the molecule is c1ccc([C@H]2CN(Cc3nc(-c4ccco4)no3)Cc3ccccc32)cc1. The third-order valence-corrected chi connectivity index (χ3v) is 5.04. The largest absolute Gasteiger partial charge is 0.461 e. The van der Waals surface area contributed by atoms with Crippen LogP contribution in [0.5, 0.6) is 0 Å². The zero-order valence-corrected chi connectivity index (χ0v) is 14.8. The Kier molecular flexibility index (Phi) is 4.07. The minimum absolute atomic E-state index is 0.337. The van der Waals surface area contributed by atoms with Gasteiger partial charge in [0.2, 0.25) is 11.7 Å². The molecular weight excluding hydrogens is 338 g/mol. The molecule has 1 aliphatic heterocycles. The molecule has 0 saturated heterocycles. The van der Waals surface area contributed by atoms with E-state index in [0.29, 0.717) is 29.9 Å². The molecule has 0 amide bonds. The first-order valence-electron chi connectivity index (χ1n) is 9.08. The van der Waals surface area contributed by atoms with Crippen LogP contribution in [-0.4, -0.2) is 21.6 Å². The molecule has 27 heavy (non-hydrogen) atoms. The summed E-state index contributed by atoms with van der Waals surface area (Å²) in [6.45, 7) is 2.41. The van der Waals surface area contributed by atoms with Gasteiger partial charge in [0.05, 0.1) is 12.8 Å². The third-order valence-electron chi connectivity index (χ3n) is 5.04. The predicted molar refractivity (Wildman–Crippen MR) is 101 cm³/mol. The molecule has 3 heterocycles. The van der Waals surface area contributed by atoms with Gasteiger partial charge >= 0.3 is 0 Å². The normalized spacial score (nSPS) is 17.0. The fourth-order valence-electron chi connectivity index (χ4n) is 3.79. The van der Waals surface area contributed by atoms with E-state index in [9.17, 15) is 0 Å². The van der Waals surface area contributed by atoms with Crippen LogP contribution in [-0.2, 0) is 13.1 Å². The molecular formula is C22H19N3O2. The average Bonchev–Trinajstić information content (AvgIpc) is 3.40. The maximum Gasteiger partial charge on any atom is 0.241 e. The first kappa shape index (κ1) is 16.0. The summed E-state index contributed by atoms with van der Waals surface area (Å²) < 4.78 is 10.8. The van der Waals surface area contributed by atoms with Crippen LogP contribution >= 0.6 is 0 Å². The van der Waals surface area contributed by atoms with Crippen LogP contribution in [0.15, 0.2) is 81.9 Å². The van der Waals surface area contributed by atoms with Gasteiger partial charge in [0.25, 0.3) is 0 Å². The maximum atomic E-state index is 5.46. The number of rotatable bonds is 4. The quantitative estimate of drug-likeness (QED) is 0.539. The van der Waals surface area contributed by atoms with Crippen LogP contribution in [0.2, 0.25) is 0 Å². The molecule has 1 aliphatic rings. The Morgan fingerprint density at radius 1 is 0.963 bits per heavy atom. The van der Waals surface area contributed by atoms with Crippen LogP contribution < -0.4 is 0 Å². The van der Waals surface area contributed by atoms with Crippen LogP contribution in [0.4, 0.5) is 0 Å². The van der Waals surface area contributed by atoms with Crippen molar-refractivity contribution in [2.45, 2.75) is 19.0 Å². The lowest BCUT2D eigenvalue weighted by Crippen LogP contribution is -2.33. The van der Waals surface area contributed by atoms with E-state index in [1.54, 1.807) is 6.26 Å². The van der Waals surface area contributed by atoms with E-state index < -0.39 is 0 Å². The molecule has 0 bridgehead atoms. The fourth-order valence-corrected chi connectivity index (χ4v) is 3.79. The zero-order valence-electron chi connectivity index (χ0n) is 14.8. The molecule has 5 heteroatoms. The number of hydrogen-bond donors (Lipinski definition) is 0. The van der Waals surface area contributed by atoms with Gasteiger partial charge in [-0.25, -0.2) is 0 Å². The Bertz CT molecular complexity index is 1020. The summed E-state index contributed by atoms with van der Waals surface area (Å²) >= 11 is 0. The molecule has 0 unspecified atom stereocenters. The minimum atomic E-state index is 0.337. The van der Waals surface area contributed by atoms with Crippen molar-refractivity contribution < 1.29 is 8.94 Å². The summed E-state index contributed by atoms with van der Waals surface area (Å²) in [5.41, 5.74) is 4.08. The Labute approximate surface area is 157 Å². The molecule has 134 valence electrons. The van der Waals surface area contributed by atoms with Gasteiger partial charge in [-0.05, 0) is 28.8 Å². The molecule has 0 aliphatic carbocycles. The lowest BCUT2D eigenvalue weighted by atomic mass is 9.85. The lowest BCUT2D eigenvalue weighted by Gasteiger charge is -2.34. The number of hydrogen-bond acceptors (Lipinski definition) is 5. The van der Waals surface area contributed by atoms with E-state index >= 15 is 0 Å². The van der Waals surface area contributed by atoms with Crippen molar-refractivity contribution in [1.82, 2.24) is 15.0 Å². The molecule has 4 aromatic rings. The molecule has 5 nitrogen and oxygen atoms in total. The minimum Gasteiger partial charge on any atom is -0.461 e. The number of fused-ring (bicyclic) bond motifs is 1. The van der Waals surface area contributed by atoms with E-state index in [0.717, 1.165) is 13.1 Å². The molecule has 0 saturated carbocycles. The molecule has 0 N–H and O–H groups in total. The lowest BCUT2D eigenvalue weighted by molar-refractivity contribution is 0.200. The molecule has 1 atom stereocenters. The highest BCUT2D eigenvalue weighted by atomic mass is 16.5. The van der Waals surface area contributed by atoms with Crippen LogP contribution in [0.25, 0.3) is 11.6 Å². The van der Waals surface area contributed by atoms with Crippen LogP contribution in [0.1, 0.15) is 28.5 Å². The highest BCUT2D eigenvalue weighted by Crippen LogP contribution is 2.34. The molecule has 2 aromatic carbocycles. The summed E-state index contributed by atoms with van der Waals surface area (Å²) in [4.78, 5) is 6.85.